The van der Waals surface area contributed by atoms with Gasteiger partial charge in [0.1, 0.15) is 11.5 Å². The van der Waals surface area contributed by atoms with Crippen LogP contribution < -0.4 is 0 Å². The first-order valence-corrected chi connectivity index (χ1v) is 13.9. The van der Waals surface area contributed by atoms with E-state index in [-0.39, 0.29) is 11.5 Å². The van der Waals surface area contributed by atoms with E-state index in [4.69, 9.17) is 0 Å². The SMILES string of the molecule is Oc1ccccc1C(=C1Sc2ccccc2S1)C(=C1Sc2ccccc2S1)c1ccccc1O. The highest BCUT2D eigenvalue weighted by molar-refractivity contribution is 8.25. The summed E-state index contributed by atoms with van der Waals surface area (Å²) in [7, 11) is 0. The molecule has 0 spiro atoms. The van der Waals surface area contributed by atoms with Crippen LogP contribution >= 0.6 is 47.0 Å². The van der Waals surface area contributed by atoms with Gasteiger partial charge in [-0.3, -0.25) is 0 Å². The predicted octanol–water partition coefficient (Wildman–Crippen LogP) is 8.93. The van der Waals surface area contributed by atoms with Gasteiger partial charge in [0.05, 0.1) is 8.47 Å². The number of phenolic OH excluding ortho intramolecular Hbond substituents is 2. The molecular weight excluding hydrogens is 497 g/mol. The van der Waals surface area contributed by atoms with E-state index in [1.807, 2.05) is 36.4 Å². The van der Waals surface area contributed by atoms with Crippen LogP contribution in [0.25, 0.3) is 11.1 Å². The van der Waals surface area contributed by atoms with Gasteiger partial charge in [0, 0.05) is 41.9 Å². The number of hydrogen-bond donors (Lipinski definition) is 2. The molecule has 0 saturated heterocycles. The average Bonchev–Trinajstić information content (AvgIpc) is 3.48. The molecule has 0 bridgehead atoms. The van der Waals surface area contributed by atoms with Gasteiger partial charge in [0.15, 0.2) is 0 Å². The summed E-state index contributed by atoms with van der Waals surface area (Å²) in [5, 5.41) is 22.0. The Balaban J connectivity index is 1.65. The molecule has 2 aliphatic rings. The van der Waals surface area contributed by atoms with Crippen molar-refractivity contribution in [1.29, 1.82) is 0 Å². The van der Waals surface area contributed by atoms with Crippen molar-refractivity contribution < 1.29 is 10.2 Å². The summed E-state index contributed by atoms with van der Waals surface area (Å²) in [6.07, 6.45) is 0. The molecule has 0 atom stereocenters. The van der Waals surface area contributed by atoms with E-state index < -0.39 is 0 Å². The monoisotopic (exact) mass is 514 g/mol. The molecule has 0 saturated carbocycles. The van der Waals surface area contributed by atoms with Crippen molar-refractivity contribution >= 4 is 58.2 Å². The molecule has 2 aliphatic heterocycles. The Bertz CT molecular complexity index is 1320. The maximum absolute atomic E-state index is 11.0. The maximum Gasteiger partial charge on any atom is 0.123 e. The molecule has 0 amide bonds. The number of phenols is 2. The molecule has 0 radical (unpaired) electrons. The fourth-order valence-electron chi connectivity index (χ4n) is 3.95. The summed E-state index contributed by atoms with van der Waals surface area (Å²) in [6.45, 7) is 0. The number of para-hydroxylation sites is 2. The molecular formula is C28H18O2S4. The van der Waals surface area contributed by atoms with Crippen LogP contribution in [0.2, 0.25) is 0 Å². The second-order valence-electron chi connectivity index (χ2n) is 7.66. The maximum atomic E-state index is 11.0. The Morgan fingerprint density at radius 2 is 0.706 bits per heavy atom. The number of hydrogen-bond acceptors (Lipinski definition) is 6. The highest BCUT2D eigenvalue weighted by atomic mass is 32.2. The van der Waals surface area contributed by atoms with Crippen LogP contribution in [0.4, 0.5) is 0 Å². The second-order valence-corrected chi connectivity index (χ2v) is 12.4. The summed E-state index contributed by atoms with van der Waals surface area (Å²) in [6, 6.07) is 31.7. The third kappa shape index (κ3) is 3.95. The minimum Gasteiger partial charge on any atom is -0.507 e. The fraction of sp³-hybridized carbons (Fsp3) is 0. The molecule has 6 rings (SSSR count). The van der Waals surface area contributed by atoms with Gasteiger partial charge in [-0.2, -0.15) is 0 Å². The van der Waals surface area contributed by atoms with Crippen molar-refractivity contribution in [2.24, 2.45) is 0 Å². The Hall–Kier alpha value is -2.64. The van der Waals surface area contributed by atoms with Crippen molar-refractivity contribution in [3.63, 3.8) is 0 Å². The number of fused-ring (bicyclic) bond motifs is 2. The number of rotatable bonds is 3. The van der Waals surface area contributed by atoms with Crippen molar-refractivity contribution in [2.45, 2.75) is 19.6 Å². The molecule has 4 aromatic rings. The largest absolute Gasteiger partial charge is 0.507 e. The molecule has 166 valence electrons. The van der Waals surface area contributed by atoms with Gasteiger partial charge >= 0.3 is 0 Å². The molecule has 0 aliphatic carbocycles. The molecule has 0 fully saturated rings. The van der Waals surface area contributed by atoms with Crippen LogP contribution in [-0.4, -0.2) is 10.2 Å². The summed E-state index contributed by atoms with van der Waals surface area (Å²) >= 11 is 6.87. The number of aromatic hydroxyl groups is 2. The lowest BCUT2D eigenvalue weighted by Gasteiger charge is -2.19. The molecule has 0 aromatic heterocycles. The van der Waals surface area contributed by atoms with E-state index in [1.165, 1.54) is 19.6 Å². The lowest BCUT2D eigenvalue weighted by Crippen LogP contribution is -1.96. The lowest BCUT2D eigenvalue weighted by molar-refractivity contribution is 0.472. The minimum absolute atomic E-state index is 0.223. The first kappa shape index (κ1) is 21.9. The van der Waals surface area contributed by atoms with E-state index >= 15 is 0 Å². The van der Waals surface area contributed by atoms with Gasteiger partial charge in [-0.15, -0.1) is 0 Å². The highest BCUT2D eigenvalue weighted by Crippen LogP contribution is 2.61. The van der Waals surface area contributed by atoms with Crippen molar-refractivity contribution in [2.75, 3.05) is 0 Å². The van der Waals surface area contributed by atoms with Gasteiger partial charge in [0.2, 0.25) is 0 Å². The highest BCUT2D eigenvalue weighted by Gasteiger charge is 2.31. The van der Waals surface area contributed by atoms with Crippen molar-refractivity contribution in [1.82, 2.24) is 0 Å². The predicted molar refractivity (Wildman–Crippen MR) is 146 cm³/mol. The van der Waals surface area contributed by atoms with Crippen molar-refractivity contribution in [3.05, 3.63) is 117 Å². The van der Waals surface area contributed by atoms with Crippen molar-refractivity contribution in [3.8, 4) is 11.5 Å². The van der Waals surface area contributed by atoms with Crippen LogP contribution in [0.3, 0.4) is 0 Å². The van der Waals surface area contributed by atoms with Crippen LogP contribution in [0.15, 0.2) is 125 Å². The van der Waals surface area contributed by atoms with E-state index in [1.54, 1.807) is 59.2 Å². The third-order valence-electron chi connectivity index (χ3n) is 5.51. The van der Waals surface area contributed by atoms with E-state index in [0.717, 1.165) is 30.7 Å². The lowest BCUT2D eigenvalue weighted by atomic mass is 9.93. The van der Waals surface area contributed by atoms with Crippen LogP contribution in [0.1, 0.15) is 11.1 Å². The Labute approximate surface area is 215 Å². The molecule has 2 N–H and O–H groups in total. The van der Waals surface area contributed by atoms with Crippen LogP contribution in [-0.2, 0) is 0 Å². The first-order chi connectivity index (χ1) is 16.7. The molecule has 0 unspecified atom stereocenters. The summed E-state index contributed by atoms with van der Waals surface area (Å²) < 4.78 is 2.18. The molecule has 6 heteroatoms. The van der Waals surface area contributed by atoms with Gasteiger partial charge in [0.25, 0.3) is 0 Å². The van der Waals surface area contributed by atoms with Gasteiger partial charge < -0.3 is 10.2 Å². The Morgan fingerprint density at radius 3 is 1.03 bits per heavy atom. The minimum atomic E-state index is 0.223. The zero-order chi connectivity index (χ0) is 23.1. The van der Waals surface area contributed by atoms with E-state index in [9.17, 15) is 10.2 Å². The summed E-state index contributed by atoms with van der Waals surface area (Å²) in [5.41, 5.74) is 3.39. The number of thioether (sulfide) groups is 4. The van der Waals surface area contributed by atoms with Crippen LogP contribution in [0.5, 0.6) is 11.5 Å². The molecule has 4 aromatic carbocycles. The number of benzene rings is 4. The molecule has 34 heavy (non-hydrogen) atoms. The third-order valence-corrected chi connectivity index (χ3v) is 10.6. The Morgan fingerprint density at radius 1 is 0.412 bits per heavy atom. The molecule has 2 nitrogen and oxygen atoms in total. The van der Waals surface area contributed by atoms with E-state index in [2.05, 4.69) is 48.5 Å². The summed E-state index contributed by atoms with van der Waals surface area (Å²) in [5.74, 6) is 0.447. The fourth-order valence-corrected chi connectivity index (χ4v) is 9.17. The topological polar surface area (TPSA) is 40.5 Å². The average molecular weight is 515 g/mol. The zero-order valence-electron chi connectivity index (χ0n) is 17.8. The van der Waals surface area contributed by atoms with Gasteiger partial charge in [-0.05, 0) is 36.4 Å². The van der Waals surface area contributed by atoms with Gasteiger partial charge in [-0.25, -0.2) is 0 Å². The Kier molecular flexibility index (Phi) is 5.91. The van der Waals surface area contributed by atoms with Gasteiger partial charge in [-0.1, -0.05) is 108 Å². The summed E-state index contributed by atoms with van der Waals surface area (Å²) in [4.78, 5) is 4.80. The molecule has 2 heterocycles. The normalized spacial score (nSPS) is 14.1. The van der Waals surface area contributed by atoms with Crippen LogP contribution in [0, 0.1) is 0 Å². The first-order valence-electron chi connectivity index (χ1n) is 10.6. The van der Waals surface area contributed by atoms with E-state index in [0.29, 0.717) is 0 Å². The zero-order valence-corrected chi connectivity index (χ0v) is 21.0. The second kappa shape index (κ2) is 9.19. The standard InChI is InChI=1S/C28H18O2S4/c29-19-11-3-1-9-17(19)25(27-31-21-13-5-6-14-22(21)32-27)26(18-10-2-4-12-20(18)30)28-33-23-15-7-8-16-24(23)34-28/h1-16,29-30H. The number of allylic oxidation sites excluding steroid dienone is 2. The smallest absolute Gasteiger partial charge is 0.123 e. The quantitative estimate of drug-likeness (QED) is 0.284.